The lowest BCUT2D eigenvalue weighted by atomic mass is 9.99. The average molecular weight is 520 g/mol. The van der Waals surface area contributed by atoms with Crippen LogP contribution in [0, 0.1) is 6.92 Å². The number of nitrogens with one attached hydrogen (secondary N) is 1. The van der Waals surface area contributed by atoms with Gasteiger partial charge < -0.3 is 9.15 Å². The van der Waals surface area contributed by atoms with Crippen LogP contribution in [0.15, 0.2) is 94.7 Å². The summed E-state index contributed by atoms with van der Waals surface area (Å²) in [4.78, 5) is 34.7. The molecule has 0 aliphatic rings. The third-order valence-corrected chi connectivity index (χ3v) is 6.84. The molecule has 7 nitrogen and oxygen atoms in total. The Morgan fingerprint density at radius 2 is 1.71 bits per heavy atom. The number of ether oxygens (including phenoxy) is 1. The normalized spacial score (nSPS) is 11.1. The van der Waals surface area contributed by atoms with E-state index >= 15 is 0 Å². The van der Waals surface area contributed by atoms with Gasteiger partial charge in [0, 0.05) is 21.9 Å². The van der Waals surface area contributed by atoms with Gasteiger partial charge in [-0.15, -0.1) is 11.3 Å². The van der Waals surface area contributed by atoms with Gasteiger partial charge in [-0.1, -0.05) is 66.2 Å². The lowest BCUT2D eigenvalue weighted by Gasteiger charge is -2.10. The maximum Gasteiger partial charge on any atom is 0.339 e. The fraction of sp³-hybridized carbons (Fsp3) is 0.0667. The van der Waals surface area contributed by atoms with Crippen molar-refractivity contribution in [2.45, 2.75) is 6.92 Å². The molecule has 38 heavy (non-hydrogen) atoms. The predicted molar refractivity (Wildman–Crippen MR) is 148 cm³/mol. The van der Waals surface area contributed by atoms with E-state index in [0.29, 0.717) is 33.1 Å². The first-order valence-corrected chi connectivity index (χ1v) is 12.8. The Kier molecular flexibility index (Phi) is 6.15. The maximum absolute atomic E-state index is 13.1. The topological polar surface area (TPSA) is 94.3 Å². The van der Waals surface area contributed by atoms with E-state index in [0.717, 1.165) is 27.7 Å². The van der Waals surface area contributed by atoms with Gasteiger partial charge in [-0.2, -0.15) is 0 Å². The zero-order chi connectivity index (χ0) is 26.1. The second kappa shape index (κ2) is 9.91. The van der Waals surface area contributed by atoms with Crippen molar-refractivity contribution in [2.75, 3.05) is 11.9 Å². The average Bonchev–Trinajstić information content (AvgIpc) is 3.59. The highest BCUT2D eigenvalue weighted by Crippen LogP contribution is 2.33. The first kappa shape index (κ1) is 23.6. The van der Waals surface area contributed by atoms with Gasteiger partial charge in [0.25, 0.3) is 5.91 Å². The number of benzene rings is 4. The molecule has 1 amide bonds. The molecule has 1 N–H and O–H groups in total. The number of nitrogens with zero attached hydrogens (tertiary/aromatic N) is 2. The third-order valence-electron chi connectivity index (χ3n) is 6.08. The van der Waals surface area contributed by atoms with Crippen LogP contribution in [0.1, 0.15) is 15.9 Å². The van der Waals surface area contributed by atoms with Gasteiger partial charge in [-0.25, -0.2) is 14.8 Å². The molecule has 2 aromatic heterocycles. The summed E-state index contributed by atoms with van der Waals surface area (Å²) in [5.41, 5.74) is 5.26. The second-order valence-electron chi connectivity index (χ2n) is 8.72. The highest BCUT2D eigenvalue weighted by molar-refractivity contribution is 7.14. The van der Waals surface area contributed by atoms with Crippen LogP contribution in [-0.4, -0.2) is 28.5 Å². The van der Waals surface area contributed by atoms with Gasteiger partial charge in [0.1, 0.15) is 5.52 Å². The van der Waals surface area contributed by atoms with Crippen LogP contribution in [0.25, 0.3) is 44.6 Å². The number of fused-ring (bicyclic) bond motifs is 2. The molecule has 186 valence electrons. The van der Waals surface area contributed by atoms with E-state index in [1.807, 2.05) is 85.1 Å². The highest BCUT2D eigenvalue weighted by Gasteiger charge is 2.19. The molecule has 0 fully saturated rings. The molecule has 6 rings (SSSR count). The van der Waals surface area contributed by atoms with Gasteiger partial charge >= 0.3 is 5.97 Å². The summed E-state index contributed by atoms with van der Waals surface area (Å²) in [5.74, 6) is -0.681. The van der Waals surface area contributed by atoms with Crippen molar-refractivity contribution < 1.29 is 18.7 Å². The Balaban J connectivity index is 1.20. The fourth-order valence-corrected chi connectivity index (χ4v) is 4.96. The number of thiazole rings is 1. The predicted octanol–water partition coefficient (Wildman–Crippen LogP) is 6.88. The van der Waals surface area contributed by atoms with E-state index in [4.69, 9.17) is 9.15 Å². The number of hydrogen-bond acceptors (Lipinski definition) is 7. The number of rotatable bonds is 6. The summed E-state index contributed by atoms with van der Waals surface area (Å²) in [6.07, 6.45) is 0. The number of carbonyl (C=O) groups excluding carboxylic acids is 2. The molecule has 0 saturated heterocycles. The molecule has 2 heterocycles. The maximum atomic E-state index is 13.1. The molecule has 8 heteroatoms. The first-order valence-electron chi connectivity index (χ1n) is 11.9. The van der Waals surface area contributed by atoms with Crippen molar-refractivity contribution >= 4 is 50.2 Å². The number of hydrogen-bond donors (Lipinski definition) is 1. The number of amides is 1. The van der Waals surface area contributed by atoms with Crippen molar-refractivity contribution in [3.8, 4) is 22.7 Å². The zero-order valence-electron chi connectivity index (χ0n) is 20.3. The van der Waals surface area contributed by atoms with Crippen LogP contribution in [-0.2, 0) is 9.53 Å². The number of carbonyl (C=O) groups is 2. The lowest BCUT2D eigenvalue weighted by Crippen LogP contribution is -2.21. The quantitative estimate of drug-likeness (QED) is 0.241. The van der Waals surface area contributed by atoms with Crippen molar-refractivity contribution in [3.05, 3.63) is 101 Å². The Labute approximate surface area is 221 Å². The van der Waals surface area contributed by atoms with Gasteiger partial charge in [0.15, 0.2) is 17.3 Å². The molecular weight excluding hydrogens is 498 g/mol. The summed E-state index contributed by atoms with van der Waals surface area (Å²) in [5, 5.41) is 6.49. The minimum absolute atomic E-state index is 0.323. The molecule has 4 aromatic carbocycles. The molecule has 0 radical (unpaired) electrons. The van der Waals surface area contributed by atoms with Crippen LogP contribution in [0.5, 0.6) is 0 Å². The monoisotopic (exact) mass is 519 g/mol. The highest BCUT2D eigenvalue weighted by atomic mass is 32.1. The molecule has 0 bridgehead atoms. The van der Waals surface area contributed by atoms with E-state index in [1.54, 1.807) is 12.1 Å². The van der Waals surface area contributed by atoms with Gasteiger partial charge in [-0.3, -0.25) is 10.1 Å². The standard InChI is InChI=1S/C30H21N3O4S/c1-18-12-14-19(15-13-18)24-17-38-30(32-24)33-26(34)16-36-29(35)22-9-5-7-20-6-4-8-21(27(20)22)28-31-23-10-2-3-11-25(23)37-28/h2-15,17H,16H2,1H3,(H,32,33,34). The number of esters is 1. The zero-order valence-corrected chi connectivity index (χ0v) is 21.1. The van der Waals surface area contributed by atoms with Crippen LogP contribution >= 0.6 is 11.3 Å². The smallest absolute Gasteiger partial charge is 0.339 e. The van der Waals surface area contributed by atoms with Crippen molar-refractivity contribution in [2.24, 2.45) is 0 Å². The second-order valence-corrected chi connectivity index (χ2v) is 9.58. The molecule has 6 aromatic rings. The first-order chi connectivity index (χ1) is 18.5. The molecule has 0 atom stereocenters. The van der Waals surface area contributed by atoms with Gasteiger partial charge in [-0.05, 0) is 36.6 Å². The number of anilines is 1. The molecular formula is C30H21N3O4S. The Hall–Kier alpha value is -4.82. The summed E-state index contributed by atoms with van der Waals surface area (Å²) >= 11 is 1.31. The van der Waals surface area contributed by atoms with Crippen molar-refractivity contribution in [3.63, 3.8) is 0 Å². The van der Waals surface area contributed by atoms with Gasteiger partial charge in [0.05, 0.1) is 11.3 Å². The molecule has 0 aliphatic heterocycles. The Morgan fingerprint density at radius 1 is 0.921 bits per heavy atom. The largest absolute Gasteiger partial charge is 0.452 e. The minimum atomic E-state index is -0.617. The summed E-state index contributed by atoms with van der Waals surface area (Å²) in [6, 6.07) is 26.4. The summed E-state index contributed by atoms with van der Waals surface area (Å²) < 4.78 is 11.4. The van der Waals surface area contributed by atoms with Crippen LogP contribution in [0.3, 0.4) is 0 Å². The molecule has 0 unspecified atom stereocenters. The lowest BCUT2D eigenvalue weighted by molar-refractivity contribution is -0.119. The Morgan fingerprint density at radius 3 is 2.53 bits per heavy atom. The van der Waals surface area contributed by atoms with Crippen LogP contribution in [0.2, 0.25) is 0 Å². The van der Waals surface area contributed by atoms with Crippen molar-refractivity contribution in [1.29, 1.82) is 0 Å². The van der Waals surface area contributed by atoms with E-state index in [-0.39, 0.29) is 0 Å². The SMILES string of the molecule is Cc1ccc(-c2csc(NC(=O)COC(=O)c3cccc4cccc(-c5nc6ccccc6o5)c34)n2)cc1. The molecule has 0 aliphatic carbocycles. The van der Waals surface area contributed by atoms with Gasteiger partial charge in [0.2, 0.25) is 5.89 Å². The van der Waals surface area contributed by atoms with Crippen LogP contribution < -0.4 is 5.32 Å². The molecule has 0 saturated carbocycles. The van der Waals surface area contributed by atoms with E-state index in [1.165, 1.54) is 11.3 Å². The fourth-order valence-electron chi connectivity index (χ4n) is 4.23. The summed E-state index contributed by atoms with van der Waals surface area (Å²) in [6.45, 7) is 1.58. The number of para-hydroxylation sites is 2. The number of aryl methyl sites for hydroxylation is 1. The van der Waals surface area contributed by atoms with E-state index in [9.17, 15) is 9.59 Å². The Bertz CT molecular complexity index is 1770. The van der Waals surface area contributed by atoms with E-state index in [2.05, 4.69) is 15.3 Å². The minimum Gasteiger partial charge on any atom is -0.452 e. The van der Waals surface area contributed by atoms with Crippen LogP contribution in [0.4, 0.5) is 5.13 Å². The number of oxazole rings is 1. The molecule has 0 spiro atoms. The van der Waals surface area contributed by atoms with Crippen molar-refractivity contribution in [1.82, 2.24) is 9.97 Å². The third kappa shape index (κ3) is 4.65. The summed E-state index contributed by atoms with van der Waals surface area (Å²) in [7, 11) is 0. The number of aromatic nitrogens is 2. The van der Waals surface area contributed by atoms with E-state index < -0.39 is 18.5 Å².